The molecule has 0 radical (unpaired) electrons. The van der Waals surface area contributed by atoms with Crippen LogP contribution in [-0.4, -0.2) is 110 Å². The lowest BCUT2D eigenvalue weighted by atomic mass is 9.78. The van der Waals surface area contributed by atoms with Crippen LogP contribution < -0.4 is 0 Å². The minimum absolute atomic E-state index is 0. The molecular formula is C35H67N3O6. The van der Waals surface area contributed by atoms with Gasteiger partial charge in [-0.05, 0) is 111 Å². The number of hydrogen-bond donors (Lipinski definition) is 1. The van der Waals surface area contributed by atoms with Gasteiger partial charge in [-0.1, -0.05) is 27.7 Å². The van der Waals surface area contributed by atoms with Crippen LogP contribution in [0.1, 0.15) is 101 Å². The number of carbonyl (C=O) groups is 3. The number of nitrogens with zero attached hydrogens (tertiary/aromatic N) is 3. The highest BCUT2D eigenvalue weighted by Gasteiger charge is 2.42. The molecule has 1 aliphatic carbocycles. The fraction of sp³-hybridized carbons (Fsp3) is 0.914. The van der Waals surface area contributed by atoms with Gasteiger partial charge >= 0.3 is 5.97 Å². The highest BCUT2D eigenvalue weighted by molar-refractivity contribution is 6.03. The van der Waals surface area contributed by atoms with Crippen LogP contribution in [0.4, 0.5) is 0 Å². The van der Waals surface area contributed by atoms with Gasteiger partial charge in [-0.25, -0.2) is 0 Å². The zero-order valence-corrected chi connectivity index (χ0v) is 29.8. The quantitative estimate of drug-likeness (QED) is 0.341. The third-order valence-electron chi connectivity index (χ3n) is 10.1. The van der Waals surface area contributed by atoms with E-state index >= 15 is 0 Å². The van der Waals surface area contributed by atoms with Crippen molar-refractivity contribution < 1.29 is 30.4 Å². The predicted octanol–water partition coefficient (Wildman–Crippen LogP) is 5.09. The van der Waals surface area contributed by atoms with Crippen molar-refractivity contribution in [3.8, 4) is 0 Å². The van der Waals surface area contributed by atoms with E-state index in [9.17, 15) is 14.4 Å². The minimum atomic E-state index is -1.13. The van der Waals surface area contributed by atoms with Gasteiger partial charge in [0.1, 0.15) is 12.0 Å². The number of esters is 1. The van der Waals surface area contributed by atoms with E-state index in [0.717, 1.165) is 57.9 Å². The van der Waals surface area contributed by atoms with E-state index in [1.807, 2.05) is 44.8 Å². The minimum Gasteiger partial charge on any atom is -0.463 e. The SMILES string of the molecule is C[C@@H]1C[C@@H](C)CN(C)[C@@H](C2CCC(N(C)C(=O)CN(C)C)CC2)COC(=O)C(C)(C)C(=O)[C@H](C)C1.C[C@H]1C[C@@H](C)O[C@@H](O)C1.[HH]. The Balaban J connectivity index is 0.000000866. The second kappa shape index (κ2) is 17.4. The Morgan fingerprint density at radius 3 is 2.07 bits per heavy atom. The lowest BCUT2D eigenvalue weighted by molar-refractivity contribution is -0.169. The number of cyclic esters (lactones) is 1. The summed E-state index contributed by atoms with van der Waals surface area (Å²) in [5.41, 5.74) is -1.13. The van der Waals surface area contributed by atoms with Crippen LogP contribution in [0.15, 0.2) is 0 Å². The van der Waals surface area contributed by atoms with Crippen molar-refractivity contribution in [3.05, 3.63) is 0 Å². The average Bonchev–Trinajstić information content (AvgIpc) is 2.91. The lowest BCUT2D eigenvalue weighted by Crippen LogP contribution is -2.49. The van der Waals surface area contributed by atoms with Crippen LogP contribution in [0, 0.1) is 35.0 Å². The Bertz CT molecular complexity index is 900. The van der Waals surface area contributed by atoms with Crippen molar-refractivity contribution in [2.24, 2.45) is 35.0 Å². The molecular weight excluding hydrogens is 558 g/mol. The Hall–Kier alpha value is -1.55. The summed E-state index contributed by atoms with van der Waals surface area (Å²) in [6.45, 7) is 15.7. The van der Waals surface area contributed by atoms with Crippen molar-refractivity contribution in [2.45, 2.75) is 124 Å². The maximum Gasteiger partial charge on any atom is 0.319 e. The molecule has 258 valence electrons. The molecule has 44 heavy (non-hydrogen) atoms. The first-order valence-corrected chi connectivity index (χ1v) is 17.1. The van der Waals surface area contributed by atoms with Crippen molar-refractivity contribution in [1.29, 1.82) is 0 Å². The molecule has 3 fully saturated rings. The smallest absolute Gasteiger partial charge is 0.319 e. The summed E-state index contributed by atoms with van der Waals surface area (Å²) < 4.78 is 11.0. The molecule has 1 N–H and O–H groups in total. The molecule has 0 aromatic carbocycles. The van der Waals surface area contributed by atoms with E-state index in [1.54, 1.807) is 13.8 Å². The summed E-state index contributed by atoms with van der Waals surface area (Å²) >= 11 is 0. The Kier molecular flexibility index (Phi) is 15.3. The van der Waals surface area contributed by atoms with E-state index in [0.29, 0.717) is 36.8 Å². The Morgan fingerprint density at radius 2 is 1.52 bits per heavy atom. The summed E-state index contributed by atoms with van der Waals surface area (Å²) in [4.78, 5) is 44.9. The highest BCUT2D eigenvalue weighted by atomic mass is 16.6. The van der Waals surface area contributed by atoms with Crippen LogP contribution in [0.3, 0.4) is 0 Å². The summed E-state index contributed by atoms with van der Waals surface area (Å²) in [5, 5.41) is 9.03. The van der Waals surface area contributed by atoms with Crippen molar-refractivity contribution in [2.75, 3.05) is 47.9 Å². The fourth-order valence-corrected chi connectivity index (χ4v) is 7.72. The topological polar surface area (TPSA) is 99.6 Å². The monoisotopic (exact) mass is 626 g/mol. The lowest BCUT2D eigenvalue weighted by Gasteiger charge is -2.41. The maximum absolute atomic E-state index is 13.1. The van der Waals surface area contributed by atoms with Crippen molar-refractivity contribution in [1.82, 2.24) is 14.7 Å². The van der Waals surface area contributed by atoms with Gasteiger partial charge in [0.15, 0.2) is 12.1 Å². The maximum atomic E-state index is 13.1. The third-order valence-corrected chi connectivity index (χ3v) is 10.1. The molecule has 3 rings (SSSR count). The summed E-state index contributed by atoms with van der Waals surface area (Å²) in [6.07, 6.45) is 7.40. The molecule has 3 aliphatic rings. The third kappa shape index (κ3) is 11.7. The van der Waals surface area contributed by atoms with E-state index in [1.165, 1.54) is 0 Å². The summed E-state index contributed by atoms with van der Waals surface area (Å²) in [5.74, 6) is 1.52. The molecule has 0 spiro atoms. The van der Waals surface area contributed by atoms with Gasteiger partial charge in [-0.15, -0.1) is 0 Å². The number of Topliss-reactive ketones (excluding diaryl/α,β-unsaturated/α-hetero) is 1. The fourth-order valence-electron chi connectivity index (χ4n) is 7.72. The number of rotatable bonds is 4. The number of hydrogen-bond acceptors (Lipinski definition) is 8. The molecule has 7 atom stereocenters. The van der Waals surface area contributed by atoms with Crippen molar-refractivity contribution >= 4 is 17.7 Å². The zero-order valence-electron chi connectivity index (χ0n) is 29.8. The van der Waals surface area contributed by atoms with Gasteiger partial charge in [0.2, 0.25) is 5.91 Å². The van der Waals surface area contributed by atoms with Gasteiger partial charge in [0.05, 0.1) is 12.6 Å². The molecule has 0 bridgehead atoms. The predicted molar refractivity (Wildman–Crippen MR) is 177 cm³/mol. The molecule has 1 amide bonds. The molecule has 9 nitrogen and oxygen atoms in total. The number of ketones is 1. The first-order chi connectivity index (χ1) is 20.4. The largest absolute Gasteiger partial charge is 0.463 e. The second-order valence-corrected chi connectivity index (χ2v) is 15.5. The number of amides is 1. The molecule has 2 saturated heterocycles. The number of aliphatic hydroxyl groups excluding tert-OH is 1. The van der Waals surface area contributed by atoms with Gasteiger partial charge in [-0.3, -0.25) is 19.3 Å². The van der Waals surface area contributed by atoms with E-state index in [4.69, 9.17) is 14.6 Å². The zero-order chi connectivity index (χ0) is 33.4. The highest BCUT2D eigenvalue weighted by Crippen LogP contribution is 2.34. The summed E-state index contributed by atoms with van der Waals surface area (Å²) in [6, 6.07) is 0.378. The number of carbonyl (C=O) groups excluding carboxylic acids is 3. The standard InChI is InChI=1S/C28H51N3O4.C7H14O2.H2/c1-19-14-20(2)16-30(8)24(18-35-27(34)28(4,5)26(33)21(3)15-19)22-10-12-23(13-11-22)31(9)25(32)17-29(6)7;1-5-3-6(2)9-7(8)4-5;/h19-24H,10-18H2,1-9H3;5-8H,3-4H2,1-2H3;1H/t19-,20-,21-,22?,23?,24-;5-,6+,7+;/m10./s1. The molecule has 9 heteroatoms. The van der Waals surface area contributed by atoms with Crippen LogP contribution in [-0.2, 0) is 23.9 Å². The van der Waals surface area contributed by atoms with Crippen LogP contribution >= 0.6 is 0 Å². The van der Waals surface area contributed by atoms with Gasteiger partial charge in [0, 0.05) is 39.4 Å². The van der Waals surface area contributed by atoms with Crippen molar-refractivity contribution in [3.63, 3.8) is 0 Å². The molecule has 2 heterocycles. The normalized spacial score (nSPS) is 36.2. The molecule has 0 unspecified atom stereocenters. The molecule has 2 aliphatic heterocycles. The first-order valence-electron chi connectivity index (χ1n) is 17.1. The molecule has 0 aromatic heterocycles. The average molecular weight is 626 g/mol. The number of ether oxygens (including phenoxy) is 2. The van der Waals surface area contributed by atoms with Crippen LogP contribution in [0.5, 0.6) is 0 Å². The number of likely N-dealkylation sites (N-methyl/N-ethyl adjacent to an activating group) is 3. The Labute approximate surface area is 269 Å². The van der Waals surface area contributed by atoms with Crippen LogP contribution in [0.2, 0.25) is 0 Å². The van der Waals surface area contributed by atoms with E-state index in [-0.39, 0.29) is 37.2 Å². The Morgan fingerprint density at radius 1 is 0.932 bits per heavy atom. The van der Waals surface area contributed by atoms with Gasteiger partial charge in [-0.2, -0.15) is 0 Å². The second-order valence-electron chi connectivity index (χ2n) is 15.5. The van der Waals surface area contributed by atoms with Gasteiger partial charge in [0.25, 0.3) is 0 Å². The summed E-state index contributed by atoms with van der Waals surface area (Å²) in [7, 11) is 7.91. The number of aliphatic hydroxyl groups is 1. The van der Waals surface area contributed by atoms with Gasteiger partial charge < -0.3 is 24.4 Å². The molecule has 0 aromatic rings. The van der Waals surface area contributed by atoms with E-state index < -0.39 is 17.7 Å². The first kappa shape index (κ1) is 38.6. The molecule has 1 saturated carbocycles. The van der Waals surface area contributed by atoms with Crippen LogP contribution in [0.25, 0.3) is 0 Å². The van der Waals surface area contributed by atoms with E-state index in [2.05, 4.69) is 32.7 Å².